The molecule has 0 saturated carbocycles. The predicted molar refractivity (Wildman–Crippen MR) is 151 cm³/mol. The Labute approximate surface area is 245 Å². The average molecular weight is 609 g/mol. The fourth-order valence-corrected chi connectivity index (χ4v) is 7.54. The van der Waals surface area contributed by atoms with E-state index in [9.17, 15) is 32.3 Å². The second kappa shape index (κ2) is 11.4. The van der Waals surface area contributed by atoms with Crippen LogP contribution in [0.5, 0.6) is 0 Å². The maximum absolute atomic E-state index is 13.8. The number of carbonyl (C=O) groups is 4. The topological polar surface area (TPSA) is 115 Å². The number of pyridine rings is 1. The predicted octanol–water partition coefficient (Wildman–Crippen LogP) is 4.31. The fourth-order valence-electron chi connectivity index (χ4n) is 6.48. The van der Waals surface area contributed by atoms with Gasteiger partial charge in [0.15, 0.2) is 0 Å². The number of imide groups is 1. The van der Waals surface area contributed by atoms with E-state index in [2.05, 4.69) is 20.5 Å². The summed E-state index contributed by atoms with van der Waals surface area (Å²) in [4.78, 5) is 61.1. The zero-order valence-corrected chi connectivity index (χ0v) is 24.7. The number of nitrogens with one attached hydrogen (secondary N) is 2. The van der Waals surface area contributed by atoms with Crippen LogP contribution < -0.4 is 10.6 Å². The van der Waals surface area contributed by atoms with Gasteiger partial charge in [0.05, 0.1) is 11.0 Å². The molecule has 42 heavy (non-hydrogen) atoms. The summed E-state index contributed by atoms with van der Waals surface area (Å²) in [6.07, 6.45) is -1.62. The van der Waals surface area contributed by atoms with Crippen molar-refractivity contribution in [1.82, 2.24) is 25.0 Å². The number of nitrogens with zero attached hydrogens (tertiary/aromatic N) is 4. The van der Waals surface area contributed by atoms with Crippen LogP contribution in [0.25, 0.3) is 10.2 Å². The zero-order chi connectivity index (χ0) is 30.4. The maximum Gasteiger partial charge on any atom is 0.433 e. The Morgan fingerprint density at radius 1 is 1.17 bits per heavy atom. The van der Waals surface area contributed by atoms with E-state index in [1.165, 1.54) is 11.0 Å². The van der Waals surface area contributed by atoms with Gasteiger partial charge in [-0.1, -0.05) is 11.3 Å². The summed E-state index contributed by atoms with van der Waals surface area (Å²) in [7, 11) is 0. The normalized spacial score (nSPS) is 22.5. The van der Waals surface area contributed by atoms with Gasteiger partial charge in [-0.05, 0) is 65.1 Å². The molecule has 1 spiro atoms. The van der Waals surface area contributed by atoms with Crippen LogP contribution in [0.3, 0.4) is 0 Å². The van der Waals surface area contributed by atoms with Gasteiger partial charge in [-0.25, -0.2) is 9.78 Å². The number of fused-ring (bicyclic) bond motifs is 1. The molecule has 0 bridgehead atoms. The Balaban J connectivity index is 1.32. The van der Waals surface area contributed by atoms with Gasteiger partial charge in [0, 0.05) is 50.1 Å². The summed E-state index contributed by atoms with van der Waals surface area (Å²) in [6, 6.07) is 1.46. The van der Waals surface area contributed by atoms with E-state index in [4.69, 9.17) is 0 Å². The number of carbonyl (C=O) groups excluding carboxylic acids is 4. The Hall–Kier alpha value is -3.26. The quantitative estimate of drug-likeness (QED) is 0.489. The number of rotatable bonds is 5. The third kappa shape index (κ3) is 5.58. The summed E-state index contributed by atoms with van der Waals surface area (Å²) in [5.41, 5.74) is -1.63. The lowest BCUT2D eigenvalue weighted by molar-refractivity contribution is -0.145. The fraction of sp³-hybridized carbons (Fsp3) is 0.607. The van der Waals surface area contributed by atoms with Crippen LogP contribution in [0, 0.1) is 5.41 Å². The lowest BCUT2D eigenvalue weighted by Gasteiger charge is -2.45. The van der Waals surface area contributed by atoms with Gasteiger partial charge in [-0.15, -0.1) is 0 Å². The largest absolute Gasteiger partial charge is 0.433 e. The number of hydrogen-bond acceptors (Lipinski definition) is 7. The van der Waals surface area contributed by atoms with Crippen molar-refractivity contribution in [1.29, 1.82) is 0 Å². The first-order valence-corrected chi connectivity index (χ1v) is 15.1. The Bertz CT molecular complexity index is 1400. The van der Waals surface area contributed by atoms with Gasteiger partial charge < -0.3 is 10.2 Å². The molecule has 5 heterocycles. The monoisotopic (exact) mass is 608 g/mol. The molecule has 5 amide bonds. The van der Waals surface area contributed by atoms with Gasteiger partial charge in [-0.3, -0.25) is 29.5 Å². The molecule has 3 aliphatic rings. The molecule has 0 aliphatic carbocycles. The molecule has 2 N–H and O–H groups in total. The Morgan fingerprint density at radius 2 is 1.88 bits per heavy atom. The summed E-state index contributed by atoms with van der Waals surface area (Å²) in [5.74, 6) is -0.583. The molecule has 3 fully saturated rings. The van der Waals surface area contributed by atoms with Crippen LogP contribution >= 0.6 is 11.3 Å². The molecular weight excluding hydrogens is 573 g/mol. The van der Waals surface area contributed by atoms with Crippen molar-refractivity contribution >= 4 is 50.3 Å². The molecule has 2 aromatic heterocycles. The first kappa shape index (κ1) is 30.2. The molecule has 14 heteroatoms. The van der Waals surface area contributed by atoms with Crippen molar-refractivity contribution in [2.45, 2.75) is 71.1 Å². The van der Waals surface area contributed by atoms with Crippen LogP contribution in [-0.2, 0) is 15.8 Å². The molecule has 10 nitrogen and oxygen atoms in total. The van der Waals surface area contributed by atoms with Crippen LogP contribution in [0.2, 0.25) is 0 Å². The molecule has 0 aromatic carbocycles. The van der Waals surface area contributed by atoms with Gasteiger partial charge in [0.1, 0.15) is 15.5 Å². The number of urea groups is 1. The first-order chi connectivity index (χ1) is 19.8. The molecule has 3 saturated heterocycles. The number of thiophene rings is 1. The van der Waals surface area contributed by atoms with Crippen LogP contribution in [0.15, 0.2) is 12.1 Å². The highest BCUT2D eigenvalue weighted by Gasteiger charge is 2.54. The van der Waals surface area contributed by atoms with Crippen molar-refractivity contribution in [2.24, 2.45) is 5.41 Å². The first-order valence-electron chi connectivity index (χ1n) is 14.3. The SMILES string of the molecule is CCNC(=O)Nc1sc2nc(C(F)(F)F)ccc2c1C(=O)N1CCC(N2CCCC3(CC(=O)N(C(C)C)C3=O)C2)CC1. The van der Waals surface area contributed by atoms with Gasteiger partial charge in [-0.2, -0.15) is 13.2 Å². The number of aromatic nitrogens is 1. The molecule has 3 aliphatic heterocycles. The molecule has 1 atom stereocenters. The van der Waals surface area contributed by atoms with Gasteiger partial charge in [0.2, 0.25) is 11.8 Å². The minimum absolute atomic E-state index is 0.0136. The number of alkyl halides is 3. The van der Waals surface area contributed by atoms with Crippen molar-refractivity contribution in [2.75, 3.05) is 38.0 Å². The standard InChI is InChI=1S/C28H35F3N6O4S/c1-4-32-26(41)34-23-21(18-6-7-19(28(29,30)31)33-22(18)42-23)24(39)35-12-8-17(9-13-35)36-11-5-10-27(15-36)14-20(38)37(16(2)3)25(27)40/h6-7,16-17H,4-5,8-15H2,1-3H3,(H2,32,34,41). The van der Waals surface area contributed by atoms with E-state index < -0.39 is 23.3 Å². The van der Waals surface area contributed by atoms with E-state index in [0.29, 0.717) is 45.4 Å². The van der Waals surface area contributed by atoms with Crippen molar-refractivity contribution in [3.8, 4) is 0 Å². The lowest BCUT2D eigenvalue weighted by atomic mass is 9.77. The highest BCUT2D eigenvalue weighted by Crippen LogP contribution is 2.43. The highest BCUT2D eigenvalue weighted by molar-refractivity contribution is 7.23. The number of halogens is 3. The Morgan fingerprint density at radius 3 is 2.50 bits per heavy atom. The minimum atomic E-state index is -4.64. The summed E-state index contributed by atoms with van der Waals surface area (Å²) in [5, 5.41) is 5.59. The van der Waals surface area contributed by atoms with Crippen molar-refractivity contribution < 1.29 is 32.3 Å². The number of hydrogen-bond donors (Lipinski definition) is 2. The van der Waals surface area contributed by atoms with Crippen LogP contribution in [0.1, 0.15) is 68.9 Å². The van der Waals surface area contributed by atoms with E-state index in [0.717, 1.165) is 30.4 Å². The van der Waals surface area contributed by atoms with E-state index >= 15 is 0 Å². The van der Waals surface area contributed by atoms with Gasteiger partial charge >= 0.3 is 12.2 Å². The third-order valence-electron chi connectivity index (χ3n) is 8.45. The number of anilines is 1. The van der Waals surface area contributed by atoms with Gasteiger partial charge in [0.25, 0.3) is 5.91 Å². The van der Waals surface area contributed by atoms with Crippen molar-refractivity contribution in [3.05, 3.63) is 23.4 Å². The maximum atomic E-state index is 13.8. The number of likely N-dealkylation sites (tertiary alicyclic amines) is 3. The summed E-state index contributed by atoms with van der Waals surface area (Å²) < 4.78 is 39.9. The second-order valence-electron chi connectivity index (χ2n) is 11.6. The van der Waals surface area contributed by atoms with E-state index in [1.807, 2.05) is 13.8 Å². The van der Waals surface area contributed by atoms with Crippen LogP contribution in [0.4, 0.5) is 23.0 Å². The van der Waals surface area contributed by atoms with E-state index in [-0.39, 0.29) is 57.0 Å². The third-order valence-corrected chi connectivity index (χ3v) is 9.46. The average Bonchev–Trinajstić information content (AvgIpc) is 3.40. The molecule has 1 unspecified atom stereocenters. The lowest BCUT2D eigenvalue weighted by Crippen LogP contribution is -2.54. The number of amides is 5. The summed E-state index contributed by atoms with van der Waals surface area (Å²) >= 11 is 0.835. The van der Waals surface area contributed by atoms with E-state index in [1.54, 1.807) is 11.8 Å². The minimum Gasteiger partial charge on any atom is -0.338 e. The van der Waals surface area contributed by atoms with Crippen LogP contribution in [-0.4, -0.2) is 88.2 Å². The molecule has 0 radical (unpaired) electrons. The zero-order valence-electron chi connectivity index (χ0n) is 23.8. The molecule has 228 valence electrons. The molecule has 2 aromatic rings. The molecule has 5 rings (SSSR count). The highest BCUT2D eigenvalue weighted by atomic mass is 32.1. The summed E-state index contributed by atoms with van der Waals surface area (Å²) in [6.45, 7) is 7.89. The molecular formula is C28H35F3N6O4S. The van der Waals surface area contributed by atoms with Crippen molar-refractivity contribution in [3.63, 3.8) is 0 Å². The second-order valence-corrected chi connectivity index (χ2v) is 12.6. The number of piperidine rings is 2. The Kier molecular flexibility index (Phi) is 8.23. The smallest absolute Gasteiger partial charge is 0.338 e.